The fourth-order valence-corrected chi connectivity index (χ4v) is 0.198. The van der Waals surface area contributed by atoms with Crippen LogP contribution in [-0.2, 0) is 4.79 Å². The number of carboxylic acid groups (broad SMARTS) is 1. The molecule has 0 atom stereocenters. The lowest BCUT2D eigenvalue weighted by Gasteiger charge is -1.93. The molecule has 0 amide bonds. The summed E-state index contributed by atoms with van der Waals surface area (Å²) in [5.41, 5.74) is 6.96. The van der Waals surface area contributed by atoms with Crippen LogP contribution in [0.3, 0.4) is 0 Å². The maximum absolute atomic E-state index is 9.79. The van der Waals surface area contributed by atoms with Gasteiger partial charge in [0.1, 0.15) is 6.54 Å². The second kappa shape index (κ2) is 5.83. The number of hydrogen-bond donors (Lipinski definition) is 4. The van der Waals surface area contributed by atoms with Crippen molar-refractivity contribution in [3.8, 4) is 0 Å². The van der Waals surface area contributed by atoms with Crippen LogP contribution < -0.4 is 17.0 Å². The third-order valence-electron chi connectivity index (χ3n) is 0.533. The fraction of sp³-hybridized carbons (Fsp3) is 0.500. The van der Waals surface area contributed by atoms with Crippen LogP contribution >= 0.6 is 0 Å². The Morgan fingerprint density at radius 2 is 2.20 bits per heavy atom. The van der Waals surface area contributed by atoms with Gasteiger partial charge in [0, 0.05) is 0 Å². The Morgan fingerprint density at radius 1 is 1.70 bits per heavy atom. The molecule has 10 heavy (non-hydrogen) atoms. The van der Waals surface area contributed by atoms with Crippen molar-refractivity contribution in [2.45, 2.75) is 7.43 Å². The van der Waals surface area contributed by atoms with Crippen LogP contribution in [0.1, 0.15) is 7.43 Å². The van der Waals surface area contributed by atoms with Gasteiger partial charge in [-0.2, -0.15) is 0 Å². The summed E-state index contributed by atoms with van der Waals surface area (Å²) in [6.07, 6.45) is 0. The van der Waals surface area contributed by atoms with Crippen molar-refractivity contribution in [1.82, 2.24) is 5.43 Å². The van der Waals surface area contributed by atoms with Gasteiger partial charge in [-0.25, -0.2) is 10.8 Å². The minimum atomic E-state index is -1.05. The van der Waals surface area contributed by atoms with Gasteiger partial charge in [-0.15, -0.1) is 0 Å². The molecule has 0 heterocycles. The summed E-state index contributed by atoms with van der Waals surface area (Å²) < 4.78 is 0. The fourth-order valence-electron chi connectivity index (χ4n) is 0.198. The van der Waals surface area contributed by atoms with Crippen LogP contribution in [0.15, 0.2) is 4.99 Å². The summed E-state index contributed by atoms with van der Waals surface area (Å²) in [6.45, 7) is -0.365. The predicted molar refractivity (Wildman–Crippen MR) is 38.2 cm³/mol. The van der Waals surface area contributed by atoms with Crippen molar-refractivity contribution in [2.24, 2.45) is 16.6 Å². The highest BCUT2D eigenvalue weighted by Gasteiger charge is 1.91. The summed E-state index contributed by atoms with van der Waals surface area (Å²) in [6, 6.07) is 0. The Hall–Kier alpha value is -1.30. The lowest BCUT2D eigenvalue weighted by Crippen LogP contribution is -2.37. The highest BCUT2D eigenvalue weighted by Crippen LogP contribution is 1.66. The molecule has 60 valence electrons. The van der Waals surface area contributed by atoms with Gasteiger partial charge in [-0.1, -0.05) is 7.43 Å². The molecule has 0 saturated heterocycles. The average molecular weight is 148 g/mol. The minimum Gasteiger partial charge on any atom is -0.480 e. The monoisotopic (exact) mass is 148 g/mol. The van der Waals surface area contributed by atoms with E-state index in [9.17, 15) is 4.79 Å². The Balaban J connectivity index is 0. The number of aliphatic imine (C=N–C) groups is 1. The first-order valence-corrected chi connectivity index (χ1v) is 2.15. The van der Waals surface area contributed by atoms with E-state index in [2.05, 4.69) is 4.99 Å². The van der Waals surface area contributed by atoms with Gasteiger partial charge < -0.3 is 10.8 Å². The molecule has 0 saturated carbocycles. The number of nitrogens with zero attached hydrogens (tertiary/aromatic N) is 1. The molecule has 0 fully saturated rings. The number of hydrogen-bond acceptors (Lipinski definition) is 3. The largest absolute Gasteiger partial charge is 0.480 e. The molecule has 0 aromatic heterocycles. The van der Waals surface area contributed by atoms with E-state index in [1.165, 1.54) is 0 Å². The number of hydrazine groups is 1. The second-order valence-electron chi connectivity index (χ2n) is 1.24. The maximum Gasteiger partial charge on any atom is 0.325 e. The van der Waals surface area contributed by atoms with E-state index in [0.29, 0.717) is 0 Å². The molecule has 0 unspecified atom stereocenters. The van der Waals surface area contributed by atoms with Crippen LogP contribution in [-0.4, -0.2) is 23.6 Å². The number of carboxylic acids is 1. The van der Waals surface area contributed by atoms with Crippen molar-refractivity contribution in [2.75, 3.05) is 6.54 Å². The molecule has 0 aliphatic rings. The highest BCUT2D eigenvalue weighted by molar-refractivity contribution is 5.80. The predicted octanol–water partition coefficient (Wildman–Crippen LogP) is -1.51. The number of nitrogens with two attached hydrogens (primary N) is 2. The van der Waals surface area contributed by atoms with Crippen molar-refractivity contribution >= 4 is 11.9 Å². The van der Waals surface area contributed by atoms with E-state index >= 15 is 0 Å². The third kappa shape index (κ3) is 6.70. The van der Waals surface area contributed by atoms with Crippen molar-refractivity contribution < 1.29 is 9.90 Å². The van der Waals surface area contributed by atoms with Gasteiger partial charge in [0.2, 0.25) is 5.96 Å². The molecule has 0 aliphatic heterocycles. The van der Waals surface area contributed by atoms with Crippen molar-refractivity contribution in [3.05, 3.63) is 0 Å². The van der Waals surface area contributed by atoms with E-state index in [0.717, 1.165) is 0 Å². The van der Waals surface area contributed by atoms with Crippen LogP contribution in [0.5, 0.6) is 0 Å². The molecular formula is C4H12N4O2. The first kappa shape index (κ1) is 11.5. The normalized spacial score (nSPS) is 9.90. The van der Waals surface area contributed by atoms with Crippen LogP contribution in [0, 0.1) is 0 Å². The van der Waals surface area contributed by atoms with E-state index in [1.807, 2.05) is 5.43 Å². The molecule has 0 aromatic rings. The van der Waals surface area contributed by atoms with E-state index in [1.54, 1.807) is 0 Å². The Bertz CT molecular complexity index is 133. The topological polar surface area (TPSA) is 114 Å². The summed E-state index contributed by atoms with van der Waals surface area (Å²) in [5, 5.41) is 8.03. The minimum absolute atomic E-state index is 0. The molecule has 6 N–H and O–H groups in total. The SMILES string of the molecule is C.NNC(N)=NCC(=O)O. The molecular weight excluding hydrogens is 136 g/mol. The highest BCUT2D eigenvalue weighted by atomic mass is 16.4. The molecule has 0 spiro atoms. The van der Waals surface area contributed by atoms with Crippen molar-refractivity contribution in [3.63, 3.8) is 0 Å². The summed E-state index contributed by atoms with van der Waals surface area (Å²) in [7, 11) is 0. The number of nitrogens with one attached hydrogen (secondary N) is 1. The maximum atomic E-state index is 9.79. The van der Waals surface area contributed by atoms with Gasteiger partial charge in [-0.05, 0) is 0 Å². The van der Waals surface area contributed by atoms with E-state index in [-0.39, 0.29) is 19.9 Å². The smallest absolute Gasteiger partial charge is 0.325 e. The first-order valence-electron chi connectivity index (χ1n) is 2.15. The number of guanidine groups is 1. The summed E-state index contributed by atoms with van der Waals surface area (Å²) >= 11 is 0. The number of carbonyl (C=O) groups is 1. The van der Waals surface area contributed by atoms with Crippen LogP contribution in [0.25, 0.3) is 0 Å². The van der Waals surface area contributed by atoms with E-state index in [4.69, 9.17) is 16.7 Å². The molecule has 0 bridgehead atoms. The molecule has 6 nitrogen and oxygen atoms in total. The lowest BCUT2D eigenvalue weighted by atomic mass is 10.7. The van der Waals surface area contributed by atoms with E-state index < -0.39 is 5.97 Å². The van der Waals surface area contributed by atoms with Crippen molar-refractivity contribution in [1.29, 1.82) is 0 Å². The zero-order valence-corrected chi connectivity index (χ0v) is 4.66. The standard InChI is InChI=1S/C3H8N4O2.CH4/c4-3(7-5)6-1-2(8)9;/h1,5H2,(H,8,9)(H3,4,6,7);1H4. The average Bonchev–Trinajstić information content (AvgIpc) is 1.83. The van der Waals surface area contributed by atoms with Gasteiger partial charge in [0.15, 0.2) is 0 Å². The Kier molecular flexibility index (Phi) is 6.70. The third-order valence-corrected chi connectivity index (χ3v) is 0.533. The molecule has 0 aliphatic carbocycles. The van der Waals surface area contributed by atoms with Gasteiger partial charge in [-0.3, -0.25) is 10.2 Å². The second-order valence-corrected chi connectivity index (χ2v) is 1.24. The molecule has 6 heteroatoms. The zero-order chi connectivity index (χ0) is 7.28. The summed E-state index contributed by atoms with van der Waals surface area (Å²) in [5.74, 6) is 3.63. The Labute approximate surface area is 58.9 Å². The van der Waals surface area contributed by atoms with Crippen LogP contribution in [0.2, 0.25) is 0 Å². The lowest BCUT2D eigenvalue weighted by molar-refractivity contribution is -0.135. The Morgan fingerprint density at radius 3 is 2.50 bits per heavy atom. The number of rotatable bonds is 2. The van der Waals surface area contributed by atoms with Gasteiger partial charge >= 0.3 is 5.97 Å². The molecule has 0 rings (SSSR count). The van der Waals surface area contributed by atoms with Gasteiger partial charge in [0.05, 0.1) is 0 Å². The summed E-state index contributed by atoms with van der Waals surface area (Å²) in [4.78, 5) is 13.1. The molecule has 0 radical (unpaired) electrons. The zero-order valence-electron chi connectivity index (χ0n) is 4.66. The quantitative estimate of drug-likeness (QED) is 0.164. The number of aliphatic carboxylic acids is 1. The van der Waals surface area contributed by atoms with Gasteiger partial charge in [0.25, 0.3) is 0 Å². The van der Waals surface area contributed by atoms with Crippen LogP contribution in [0.4, 0.5) is 0 Å². The first-order chi connectivity index (χ1) is 4.16. The molecule has 0 aromatic carbocycles.